The lowest BCUT2D eigenvalue weighted by molar-refractivity contribution is -0.156. The normalized spacial score (nSPS) is 21.2. The van der Waals surface area contributed by atoms with Gasteiger partial charge in [0.2, 0.25) is 0 Å². The van der Waals surface area contributed by atoms with Crippen LogP contribution in [0.5, 0.6) is 0 Å². The highest BCUT2D eigenvalue weighted by atomic mass is 16.6. The molecule has 1 heterocycles. The van der Waals surface area contributed by atoms with Crippen LogP contribution in [0.15, 0.2) is 0 Å². The summed E-state index contributed by atoms with van der Waals surface area (Å²) in [6.07, 6.45) is 4.04. The van der Waals surface area contributed by atoms with Gasteiger partial charge in [-0.15, -0.1) is 0 Å². The summed E-state index contributed by atoms with van der Waals surface area (Å²) in [7, 11) is 0. The number of esters is 1. The van der Waals surface area contributed by atoms with Crippen molar-refractivity contribution >= 4 is 5.97 Å². The molecule has 1 unspecified atom stereocenters. The summed E-state index contributed by atoms with van der Waals surface area (Å²) >= 11 is 0. The van der Waals surface area contributed by atoms with Crippen molar-refractivity contribution in [2.75, 3.05) is 19.8 Å². The topological polar surface area (TPSA) is 47.6 Å². The molecule has 1 saturated heterocycles. The summed E-state index contributed by atoms with van der Waals surface area (Å²) < 4.78 is 10.7. The van der Waals surface area contributed by atoms with E-state index in [1.54, 1.807) is 0 Å². The van der Waals surface area contributed by atoms with Gasteiger partial charge in [0, 0.05) is 6.04 Å². The number of rotatable bonds is 5. The maximum Gasteiger partial charge on any atom is 0.308 e. The van der Waals surface area contributed by atoms with Crippen molar-refractivity contribution in [3.63, 3.8) is 0 Å². The molecule has 0 aromatic heterocycles. The first-order chi connectivity index (χ1) is 7.97. The Labute approximate surface area is 104 Å². The van der Waals surface area contributed by atoms with Crippen LogP contribution in [0.2, 0.25) is 0 Å². The van der Waals surface area contributed by atoms with Gasteiger partial charge in [0.25, 0.3) is 0 Å². The van der Waals surface area contributed by atoms with Crippen molar-refractivity contribution in [1.29, 1.82) is 0 Å². The van der Waals surface area contributed by atoms with Gasteiger partial charge >= 0.3 is 5.97 Å². The number of carbonyl (C=O) groups is 1. The maximum absolute atomic E-state index is 11.4. The second kappa shape index (κ2) is 6.97. The van der Waals surface area contributed by atoms with Crippen LogP contribution in [0.1, 0.15) is 46.5 Å². The van der Waals surface area contributed by atoms with Crippen LogP contribution in [0.4, 0.5) is 0 Å². The highest BCUT2D eigenvalue weighted by Crippen LogP contribution is 2.09. The van der Waals surface area contributed by atoms with Crippen LogP contribution in [-0.4, -0.2) is 37.4 Å². The smallest absolute Gasteiger partial charge is 0.308 e. The molecule has 17 heavy (non-hydrogen) atoms. The van der Waals surface area contributed by atoms with Crippen LogP contribution in [0.3, 0.4) is 0 Å². The van der Waals surface area contributed by atoms with Gasteiger partial charge in [0.1, 0.15) is 5.60 Å². The van der Waals surface area contributed by atoms with E-state index in [1.807, 2.05) is 20.8 Å². The predicted molar refractivity (Wildman–Crippen MR) is 66.9 cm³/mol. The Hall–Kier alpha value is -0.610. The second-order valence-electron chi connectivity index (χ2n) is 5.56. The van der Waals surface area contributed by atoms with E-state index >= 15 is 0 Å². The lowest BCUT2D eigenvalue weighted by Crippen LogP contribution is -2.37. The molecule has 4 heteroatoms. The van der Waals surface area contributed by atoms with Gasteiger partial charge in [-0.3, -0.25) is 4.79 Å². The van der Waals surface area contributed by atoms with Gasteiger partial charge in [0.05, 0.1) is 19.6 Å². The quantitative estimate of drug-likeness (QED) is 0.591. The molecular weight excluding hydrogens is 218 g/mol. The fraction of sp³-hybridized carbons (Fsp3) is 0.923. The summed E-state index contributed by atoms with van der Waals surface area (Å²) in [4.78, 5) is 11.4. The minimum atomic E-state index is -0.401. The highest BCUT2D eigenvalue weighted by Gasteiger charge is 2.16. The van der Waals surface area contributed by atoms with Gasteiger partial charge < -0.3 is 14.8 Å². The SMILES string of the molecule is CC(C)(C)OC(=O)CCOCC1CCCCN1. The Morgan fingerprint density at radius 3 is 2.71 bits per heavy atom. The minimum Gasteiger partial charge on any atom is -0.460 e. The summed E-state index contributed by atoms with van der Waals surface area (Å²) in [5.41, 5.74) is -0.401. The van der Waals surface area contributed by atoms with Crippen LogP contribution in [0, 0.1) is 0 Å². The van der Waals surface area contributed by atoms with Crippen LogP contribution in [-0.2, 0) is 14.3 Å². The summed E-state index contributed by atoms with van der Waals surface area (Å²) in [5.74, 6) is -0.186. The number of hydrogen-bond donors (Lipinski definition) is 1. The maximum atomic E-state index is 11.4. The van der Waals surface area contributed by atoms with E-state index in [4.69, 9.17) is 9.47 Å². The fourth-order valence-corrected chi connectivity index (χ4v) is 1.84. The standard InChI is InChI=1S/C13H25NO3/c1-13(2,3)17-12(15)7-9-16-10-11-6-4-5-8-14-11/h11,14H,4-10H2,1-3H3. The molecular formula is C13H25NO3. The number of carbonyl (C=O) groups excluding carboxylic acids is 1. The summed E-state index contributed by atoms with van der Waals surface area (Å²) in [6.45, 7) is 7.85. The molecule has 1 rings (SSSR count). The van der Waals surface area contributed by atoms with Crippen LogP contribution in [0.25, 0.3) is 0 Å². The molecule has 0 amide bonds. The van der Waals surface area contributed by atoms with E-state index in [1.165, 1.54) is 19.3 Å². The van der Waals surface area contributed by atoms with Gasteiger partial charge in [-0.2, -0.15) is 0 Å². The molecule has 1 fully saturated rings. The molecule has 0 spiro atoms. The zero-order chi connectivity index (χ0) is 12.7. The Morgan fingerprint density at radius 1 is 1.35 bits per heavy atom. The molecule has 0 aromatic rings. The zero-order valence-corrected chi connectivity index (χ0v) is 11.3. The van der Waals surface area contributed by atoms with Gasteiger partial charge in [-0.05, 0) is 40.2 Å². The molecule has 4 nitrogen and oxygen atoms in total. The first-order valence-electron chi connectivity index (χ1n) is 6.50. The lowest BCUT2D eigenvalue weighted by Gasteiger charge is -2.23. The first kappa shape index (κ1) is 14.5. The van der Waals surface area contributed by atoms with Crippen molar-refractivity contribution in [2.24, 2.45) is 0 Å². The third-order valence-corrected chi connectivity index (χ3v) is 2.60. The van der Waals surface area contributed by atoms with Crippen LogP contribution < -0.4 is 5.32 Å². The minimum absolute atomic E-state index is 0.186. The molecule has 0 saturated carbocycles. The highest BCUT2D eigenvalue weighted by molar-refractivity contribution is 5.69. The van der Waals surface area contributed by atoms with Gasteiger partial charge in [-0.25, -0.2) is 0 Å². The molecule has 1 aliphatic rings. The van der Waals surface area contributed by atoms with Crippen LogP contribution >= 0.6 is 0 Å². The molecule has 1 aliphatic heterocycles. The fourth-order valence-electron chi connectivity index (χ4n) is 1.84. The number of hydrogen-bond acceptors (Lipinski definition) is 4. The average molecular weight is 243 g/mol. The Kier molecular flexibility index (Phi) is 5.92. The van der Waals surface area contributed by atoms with E-state index in [0.717, 1.165) is 6.54 Å². The Morgan fingerprint density at radius 2 is 2.12 bits per heavy atom. The van der Waals surface area contributed by atoms with Gasteiger partial charge in [-0.1, -0.05) is 6.42 Å². The first-order valence-corrected chi connectivity index (χ1v) is 6.50. The van der Waals surface area contributed by atoms with Crippen molar-refractivity contribution in [3.05, 3.63) is 0 Å². The van der Waals surface area contributed by atoms with E-state index < -0.39 is 5.60 Å². The molecule has 1 atom stereocenters. The van der Waals surface area contributed by atoms with Crippen molar-refractivity contribution in [2.45, 2.75) is 58.1 Å². The molecule has 0 aromatic carbocycles. The largest absolute Gasteiger partial charge is 0.460 e. The molecule has 1 N–H and O–H groups in total. The van der Waals surface area contributed by atoms with Crippen molar-refractivity contribution in [1.82, 2.24) is 5.32 Å². The summed E-state index contributed by atoms with van der Waals surface area (Å²) in [5, 5.41) is 3.40. The third kappa shape index (κ3) is 7.34. The number of nitrogens with one attached hydrogen (secondary N) is 1. The Balaban J connectivity index is 2.01. The number of piperidine rings is 1. The lowest BCUT2D eigenvalue weighted by atomic mass is 10.1. The van der Waals surface area contributed by atoms with E-state index in [2.05, 4.69) is 5.32 Å². The average Bonchev–Trinajstić information content (AvgIpc) is 2.23. The Bertz CT molecular complexity index is 229. The molecule has 0 bridgehead atoms. The van der Waals surface area contributed by atoms with E-state index in [-0.39, 0.29) is 5.97 Å². The monoisotopic (exact) mass is 243 g/mol. The van der Waals surface area contributed by atoms with Crippen molar-refractivity contribution in [3.8, 4) is 0 Å². The molecule has 100 valence electrons. The number of ether oxygens (including phenoxy) is 2. The van der Waals surface area contributed by atoms with E-state index in [0.29, 0.717) is 25.7 Å². The second-order valence-corrected chi connectivity index (χ2v) is 5.56. The van der Waals surface area contributed by atoms with Gasteiger partial charge in [0.15, 0.2) is 0 Å². The third-order valence-electron chi connectivity index (χ3n) is 2.60. The summed E-state index contributed by atoms with van der Waals surface area (Å²) in [6, 6.07) is 0.461. The van der Waals surface area contributed by atoms with Crippen molar-refractivity contribution < 1.29 is 14.3 Å². The van der Waals surface area contributed by atoms with E-state index in [9.17, 15) is 4.79 Å². The molecule has 0 radical (unpaired) electrons. The predicted octanol–water partition coefficient (Wildman–Crippen LogP) is 1.88. The zero-order valence-electron chi connectivity index (χ0n) is 11.3. The molecule has 0 aliphatic carbocycles.